The summed E-state index contributed by atoms with van der Waals surface area (Å²) in [5, 5.41) is 15.4. The van der Waals surface area contributed by atoms with Crippen molar-refractivity contribution in [2.75, 3.05) is 5.32 Å². The molecule has 0 spiro atoms. The third kappa shape index (κ3) is 3.31. The lowest BCUT2D eigenvalue weighted by Gasteiger charge is -1.99. The van der Waals surface area contributed by atoms with Crippen LogP contribution < -0.4 is 5.32 Å². The van der Waals surface area contributed by atoms with Crippen molar-refractivity contribution in [3.63, 3.8) is 0 Å². The number of aryl methyl sites for hydroxylation is 3. The minimum Gasteiger partial charge on any atom is -0.318 e. The van der Waals surface area contributed by atoms with Crippen LogP contribution in [0.4, 0.5) is 5.69 Å². The summed E-state index contributed by atoms with van der Waals surface area (Å²) >= 11 is 0. The maximum absolute atomic E-state index is 12.2. The quantitative estimate of drug-likeness (QED) is 0.772. The molecular formula is C15H19N7O. The fraction of sp³-hybridized carbons (Fsp3) is 0.333. The first-order chi connectivity index (χ1) is 11.0. The summed E-state index contributed by atoms with van der Waals surface area (Å²) in [5.74, 6) is -0.243. The van der Waals surface area contributed by atoms with Crippen molar-refractivity contribution >= 4 is 11.6 Å². The van der Waals surface area contributed by atoms with Crippen LogP contribution in [0.25, 0.3) is 0 Å². The molecule has 0 aliphatic carbocycles. The monoisotopic (exact) mass is 313 g/mol. The zero-order valence-corrected chi connectivity index (χ0v) is 13.4. The second kappa shape index (κ2) is 6.07. The maximum Gasteiger partial charge on any atom is 0.276 e. The summed E-state index contributed by atoms with van der Waals surface area (Å²) in [4.78, 5) is 12.2. The molecule has 3 aromatic heterocycles. The van der Waals surface area contributed by atoms with Gasteiger partial charge in [0.25, 0.3) is 5.91 Å². The Balaban J connectivity index is 1.65. The van der Waals surface area contributed by atoms with E-state index in [0.717, 1.165) is 17.8 Å². The predicted molar refractivity (Wildman–Crippen MR) is 85.1 cm³/mol. The average Bonchev–Trinajstić information content (AvgIpc) is 3.22. The van der Waals surface area contributed by atoms with Crippen LogP contribution in [0.15, 0.2) is 30.9 Å². The highest BCUT2D eigenvalue weighted by atomic mass is 16.2. The van der Waals surface area contributed by atoms with Crippen molar-refractivity contribution < 1.29 is 4.79 Å². The van der Waals surface area contributed by atoms with Gasteiger partial charge in [-0.05, 0) is 19.9 Å². The van der Waals surface area contributed by atoms with E-state index in [4.69, 9.17) is 0 Å². The van der Waals surface area contributed by atoms with Crippen molar-refractivity contribution in [2.24, 2.45) is 7.05 Å². The SMILES string of the molecule is CCn1cc(Cn2cc(NC(=O)c3cc(C)n(C)n3)cn2)cn1. The number of nitrogens with zero attached hydrogens (tertiary/aromatic N) is 6. The van der Waals surface area contributed by atoms with Crippen molar-refractivity contribution in [1.82, 2.24) is 29.3 Å². The van der Waals surface area contributed by atoms with E-state index in [-0.39, 0.29) is 5.91 Å². The van der Waals surface area contributed by atoms with Gasteiger partial charge in [0.15, 0.2) is 5.69 Å². The molecule has 1 amide bonds. The number of amides is 1. The summed E-state index contributed by atoms with van der Waals surface area (Å²) in [7, 11) is 1.81. The molecule has 8 heteroatoms. The molecule has 23 heavy (non-hydrogen) atoms. The molecule has 0 radical (unpaired) electrons. The van der Waals surface area contributed by atoms with Gasteiger partial charge >= 0.3 is 0 Å². The predicted octanol–water partition coefficient (Wildman–Crippen LogP) is 1.44. The molecule has 120 valence electrons. The normalized spacial score (nSPS) is 10.9. The van der Waals surface area contributed by atoms with Crippen LogP contribution >= 0.6 is 0 Å². The minimum absolute atomic E-state index is 0.243. The number of rotatable bonds is 5. The summed E-state index contributed by atoms with van der Waals surface area (Å²) < 4.78 is 5.30. The van der Waals surface area contributed by atoms with Crippen LogP contribution in [0, 0.1) is 6.92 Å². The summed E-state index contributed by atoms with van der Waals surface area (Å²) in [6, 6.07) is 1.75. The number of aromatic nitrogens is 6. The first-order valence-electron chi connectivity index (χ1n) is 7.41. The molecule has 0 bridgehead atoms. The Labute approximate surface area is 133 Å². The fourth-order valence-corrected chi connectivity index (χ4v) is 2.23. The molecule has 3 heterocycles. The molecular weight excluding hydrogens is 294 g/mol. The van der Waals surface area contributed by atoms with Gasteiger partial charge in [0.05, 0.1) is 24.6 Å². The van der Waals surface area contributed by atoms with E-state index in [1.807, 2.05) is 30.9 Å². The lowest BCUT2D eigenvalue weighted by atomic mass is 10.3. The number of hydrogen-bond donors (Lipinski definition) is 1. The lowest BCUT2D eigenvalue weighted by Crippen LogP contribution is -2.12. The van der Waals surface area contributed by atoms with Crippen LogP contribution in [-0.2, 0) is 20.1 Å². The van der Waals surface area contributed by atoms with Crippen LogP contribution in [-0.4, -0.2) is 35.2 Å². The van der Waals surface area contributed by atoms with Gasteiger partial charge in [-0.2, -0.15) is 15.3 Å². The van der Waals surface area contributed by atoms with Crippen molar-refractivity contribution in [3.8, 4) is 0 Å². The third-order valence-corrected chi connectivity index (χ3v) is 3.59. The summed E-state index contributed by atoms with van der Waals surface area (Å²) in [6.45, 7) is 5.39. The highest BCUT2D eigenvalue weighted by Gasteiger charge is 2.12. The van der Waals surface area contributed by atoms with E-state index < -0.39 is 0 Å². The Morgan fingerprint density at radius 2 is 2.00 bits per heavy atom. The van der Waals surface area contributed by atoms with Crippen molar-refractivity contribution in [1.29, 1.82) is 0 Å². The number of nitrogens with one attached hydrogen (secondary N) is 1. The Morgan fingerprint density at radius 1 is 1.22 bits per heavy atom. The molecule has 0 fully saturated rings. The van der Waals surface area contributed by atoms with Gasteiger partial charge in [-0.25, -0.2) is 0 Å². The summed E-state index contributed by atoms with van der Waals surface area (Å²) in [5.41, 5.74) is 3.02. The third-order valence-electron chi connectivity index (χ3n) is 3.59. The Bertz CT molecular complexity index is 807. The molecule has 0 atom stereocenters. The first kappa shape index (κ1) is 15.0. The number of carbonyl (C=O) groups is 1. The molecule has 3 rings (SSSR count). The Morgan fingerprint density at radius 3 is 2.65 bits per heavy atom. The van der Waals surface area contributed by atoms with Crippen LogP contribution in [0.1, 0.15) is 28.7 Å². The van der Waals surface area contributed by atoms with Crippen LogP contribution in [0.5, 0.6) is 0 Å². The highest BCUT2D eigenvalue weighted by Crippen LogP contribution is 2.10. The zero-order valence-electron chi connectivity index (χ0n) is 13.4. The number of hydrogen-bond acceptors (Lipinski definition) is 4. The minimum atomic E-state index is -0.243. The van der Waals surface area contributed by atoms with Gasteiger partial charge in [-0.1, -0.05) is 0 Å². The number of carbonyl (C=O) groups excluding carboxylic acids is 1. The second-order valence-electron chi connectivity index (χ2n) is 5.38. The molecule has 1 N–H and O–H groups in total. The van der Waals surface area contributed by atoms with Gasteiger partial charge in [-0.3, -0.25) is 18.8 Å². The Hall–Kier alpha value is -2.90. The second-order valence-corrected chi connectivity index (χ2v) is 5.38. The van der Waals surface area contributed by atoms with Crippen molar-refractivity contribution in [3.05, 3.63) is 47.8 Å². The summed E-state index contributed by atoms with van der Waals surface area (Å²) in [6.07, 6.45) is 7.21. The molecule has 0 aliphatic heterocycles. The zero-order chi connectivity index (χ0) is 16.4. The molecule has 0 aromatic carbocycles. The molecule has 0 saturated heterocycles. The highest BCUT2D eigenvalue weighted by molar-refractivity contribution is 6.02. The Kier molecular flexibility index (Phi) is 3.96. The van der Waals surface area contributed by atoms with Gasteiger partial charge in [0.1, 0.15) is 0 Å². The lowest BCUT2D eigenvalue weighted by molar-refractivity contribution is 0.102. The molecule has 0 aliphatic rings. The van der Waals surface area contributed by atoms with E-state index in [0.29, 0.717) is 17.9 Å². The molecule has 0 unspecified atom stereocenters. The van der Waals surface area contributed by atoms with Crippen LogP contribution in [0.3, 0.4) is 0 Å². The maximum atomic E-state index is 12.2. The van der Waals surface area contributed by atoms with Gasteiger partial charge in [0.2, 0.25) is 0 Å². The fourth-order valence-electron chi connectivity index (χ4n) is 2.23. The van der Waals surface area contributed by atoms with E-state index in [2.05, 4.69) is 20.6 Å². The smallest absolute Gasteiger partial charge is 0.276 e. The molecule has 3 aromatic rings. The van der Waals surface area contributed by atoms with E-state index in [1.165, 1.54) is 0 Å². The average molecular weight is 313 g/mol. The molecule has 0 saturated carbocycles. The van der Waals surface area contributed by atoms with Gasteiger partial charge in [0, 0.05) is 37.2 Å². The largest absolute Gasteiger partial charge is 0.318 e. The van der Waals surface area contributed by atoms with E-state index in [9.17, 15) is 4.79 Å². The topological polar surface area (TPSA) is 82.6 Å². The number of anilines is 1. The molecule has 8 nitrogen and oxygen atoms in total. The van der Waals surface area contributed by atoms with E-state index in [1.54, 1.807) is 34.9 Å². The van der Waals surface area contributed by atoms with Gasteiger partial charge in [-0.15, -0.1) is 0 Å². The van der Waals surface area contributed by atoms with Crippen molar-refractivity contribution in [2.45, 2.75) is 26.9 Å². The van der Waals surface area contributed by atoms with Gasteiger partial charge < -0.3 is 5.32 Å². The van der Waals surface area contributed by atoms with E-state index >= 15 is 0 Å². The van der Waals surface area contributed by atoms with Crippen LogP contribution in [0.2, 0.25) is 0 Å². The standard InChI is InChI=1S/C15H19N7O/c1-4-21-8-12(6-16-21)9-22-10-13(7-17-22)18-15(23)14-5-11(2)20(3)19-14/h5-8,10H,4,9H2,1-3H3,(H,18,23). The first-order valence-corrected chi connectivity index (χ1v) is 7.41.